The van der Waals surface area contributed by atoms with E-state index in [0.717, 1.165) is 11.1 Å². The van der Waals surface area contributed by atoms with Gasteiger partial charge in [-0.15, -0.1) is 0 Å². The number of urea groups is 1. The second kappa shape index (κ2) is 8.52. The molecule has 1 N–H and O–H groups in total. The number of piperazine rings is 1. The van der Waals surface area contributed by atoms with Crippen LogP contribution in [-0.4, -0.2) is 54.5 Å². The number of hydrogen-bond acceptors (Lipinski definition) is 2. The van der Waals surface area contributed by atoms with E-state index in [0.29, 0.717) is 39.1 Å². The fourth-order valence-electron chi connectivity index (χ4n) is 3.15. The molecule has 5 nitrogen and oxygen atoms in total. The first kappa shape index (κ1) is 18.0. The van der Waals surface area contributed by atoms with Crippen molar-refractivity contribution in [1.29, 1.82) is 0 Å². The minimum Gasteiger partial charge on any atom is -0.339 e. The molecule has 1 saturated heterocycles. The molecule has 1 fully saturated rings. The van der Waals surface area contributed by atoms with E-state index in [1.165, 1.54) is 5.56 Å². The third-order valence-corrected chi connectivity index (χ3v) is 4.66. The summed E-state index contributed by atoms with van der Waals surface area (Å²) in [6.45, 7) is 4.89. The second-order valence-electron chi connectivity index (χ2n) is 6.44. The van der Waals surface area contributed by atoms with Crippen LogP contribution in [0.4, 0.5) is 4.79 Å². The van der Waals surface area contributed by atoms with Gasteiger partial charge in [-0.05, 0) is 23.6 Å². The van der Waals surface area contributed by atoms with Crippen LogP contribution < -0.4 is 5.32 Å². The minimum absolute atomic E-state index is 0.0453. The lowest BCUT2D eigenvalue weighted by molar-refractivity contribution is -0.131. The number of benzene rings is 2. The van der Waals surface area contributed by atoms with Crippen LogP contribution in [-0.2, 0) is 11.2 Å². The average Bonchev–Trinajstić information content (AvgIpc) is 2.69. The zero-order valence-corrected chi connectivity index (χ0v) is 15.1. The highest BCUT2D eigenvalue weighted by molar-refractivity contribution is 5.80. The highest BCUT2D eigenvalue weighted by atomic mass is 16.2. The summed E-state index contributed by atoms with van der Waals surface area (Å²) in [4.78, 5) is 28.0. The van der Waals surface area contributed by atoms with Gasteiger partial charge in [-0.1, -0.05) is 54.6 Å². The standard InChI is InChI=1S/C21H25N3O2/c1-2-22-21(26)24-14-12-23(13-15-24)20(25)16-17-8-10-19(11-9-17)18-6-4-3-5-7-18/h3-11H,2,12-16H2,1H3,(H,22,26). The molecule has 3 rings (SSSR count). The molecule has 0 aromatic heterocycles. The fraction of sp³-hybridized carbons (Fsp3) is 0.333. The number of rotatable bonds is 4. The molecule has 1 heterocycles. The number of carbonyl (C=O) groups excluding carboxylic acids is 2. The highest BCUT2D eigenvalue weighted by Gasteiger charge is 2.23. The van der Waals surface area contributed by atoms with E-state index in [9.17, 15) is 9.59 Å². The Labute approximate surface area is 154 Å². The molecule has 0 atom stereocenters. The molecule has 2 aromatic carbocycles. The number of amides is 3. The monoisotopic (exact) mass is 351 g/mol. The average molecular weight is 351 g/mol. The Morgan fingerprint density at radius 1 is 0.846 bits per heavy atom. The molecule has 3 amide bonds. The van der Waals surface area contributed by atoms with Gasteiger partial charge >= 0.3 is 6.03 Å². The van der Waals surface area contributed by atoms with E-state index in [2.05, 4.69) is 29.6 Å². The molecule has 136 valence electrons. The van der Waals surface area contributed by atoms with E-state index >= 15 is 0 Å². The predicted octanol–water partition coefficient (Wildman–Crippen LogP) is 2.77. The van der Waals surface area contributed by atoms with Gasteiger partial charge in [0.2, 0.25) is 5.91 Å². The highest BCUT2D eigenvalue weighted by Crippen LogP contribution is 2.19. The van der Waals surface area contributed by atoms with Gasteiger partial charge in [0.25, 0.3) is 0 Å². The van der Waals surface area contributed by atoms with Gasteiger partial charge in [0, 0.05) is 32.7 Å². The quantitative estimate of drug-likeness (QED) is 0.921. The fourth-order valence-corrected chi connectivity index (χ4v) is 3.15. The summed E-state index contributed by atoms with van der Waals surface area (Å²) in [5.41, 5.74) is 3.34. The largest absolute Gasteiger partial charge is 0.339 e. The van der Waals surface area contributed by atoms with Crippen molar-refractivity contribution in [3.8, 4) is 11.1 Å². The maximum Gasteiger partial charge on any atom is 0.317 e. The van der Waals surface area contributed by atoms with Gasteiger partial charge in [0.1, 0.15) is 0 Å². The van der Waals surface area contributed by atoms with Crippen molar-refractivity contribution in [3.63, 3.8) is 0 Å². The van der Waals surface area contributed by atoms with Gasteiger partial charge in [-0.3, -0.25) is 4.79 Å². The summed E-state index contributed by atoms with van der Waals surface area (Å²) in [5, 5.41) is 2.80. The van der Waals surface area contributed by atoms with Crippen LogP contribution in [0.15, 0.2) is 54.6 Å². The summed E-state index contributed by atoms with van der Waals surface area (Å²) in [5.74, 6) is 0.119. The molecular formula is C21H25N3O2. The molecule has 0 unspecified atom stereocenters. The van der Waals surface area contributed by atoms with Crippen LogP contribution in [0.25, 0.3) is 11.1 Å². The minimum atomic E-state index is -0.0453. The van der Waals surface area contributed by atoms with Crippen LogP contribution in [0.1, 0.15) is 12.5 Å². The normalized spacial score (nSPS) is 14.2. The lowest BCUT2D eigenvalue weighted by Crippen LogP contribution is -2.53. The zero-order valence-electron chi connectivity index (χ0n) is 15.1. The van der Waals surface area contributed by atoms with E-state index in [4.69, 9.17) is 0 Å². The molecule has 0 spiro atoms. The molecule has 0 saturated carbocycles. The lowest BCUT2D eigenvalue weighted by atomic mass is 10.0. The van der Waals surface area contributed by atoms with E-state index in [1.807, 2.05) is 42.2 Å². The predicted molar refractivity (Wildman–Crippen MR) is 103 cm³/mol. The summed E-state index contributed by atoms with van der Waals surface area (Å²) in [6, 6.07) is 18.3. The number of nitrogens with zero attached hydrogens (tertiary/aromatic N) is 2. The molecule has 1 aliphatic rings. The third-order valence-electron chi connectivity index (χ3n) is 4.66. The Hall–Kier alpha value is -2.82. The van der Waals surface area contributed by atoms with Gasteiger partial charge in [-0.2, -0.15) is 0 Å². The van der Waals surface area contributed by atoms with Crippen molar-refractivity contribution in [1.82, 2.24) is 15.1 Å². The molecule has 0 aliphatic carbocycles. The number of carbonyl (C=O) groups is 2. The second-order valence-corrected chi connectivity index (χ2v) is 6.44. The van der Waals surface area contributed by atoms with Crippen LogP contribution in [0.3, 0.4) is 0 Å². The number of hydrogen-bond donors (Lipinski definition) is 1. The van der Waals surface area contributed by atoms with Crippen molar-refractivity contribution in [2.24, 2.45) is 0 Å². The van der Waals surface area contributed by atoms with Crippen molar-refractivity contribution < 1.29 is 9.59 Å². The Balaban J connectivity index is 1.53. The van der Waals surface area contributed by atoms with Crippen molar-refractivity contribution in [2.45, 2.75) is 13.3 Å². The maximum atomic E-state index is 12.5. The summed E-state index contributed by atoms with van der Waals surface area (Å²) in [6.07, 6.45) is 0.399. The molecule has 5 heteroatoms. The Morgan fingerprint density at radius 3 is 2.04 bits per heavy atom. The lowest BCUT2D eigenvalue weighted by Gasteiger charge is -2.34. The number of nitrogens with one attached hydrogen (secondary N) is 1. The van der Waals surface area contributed by atoms with Crippen molar-refractivity contribution >= 4 is 11.9 Å². The van der Waals surface area contributed by atoms with Gasteiger partial charge in [-0.25, -0.2) is 4.79 Å². The first-order valence-corrected chi connectivity index (χ1v) is 9.12. The Kier molecular flexibility index (Phi) is 5.89. The van der Waals surface area contributed by atoms with Crippen molar-refractivity contribution in [3.05, 3.63) is 60.2 Å². The SMILES string of the molecule is CCNC(=O)N1CCN(C(=O)Cc2ccc(-c3ccccc3)cc2)CC1. The maximum absolute atomic E-state index is 12.5. The first-order chi connectivity index (χ1) is 12.7. The topological polar surface area (TPSA) is 52.7 Å². The van der Waals surface area contributed by atoms with E-state index < -0.39 is 0 Å². The Bertz CT molecular complexity index is 736. The third kappa shape index (κ3) is 4.42. The van der Waals surface area contributed by atoms with Gasteiger partial charge < -0.3 is 15.1 Å². The van der Waals surface area contributed by atoms with Crippen LogP contribution in [0.2, 0.25) is 0 Å². The summed E-state index contributed by atoms with van der Waals surface area (Å²) >= 11 is 0. The molecule has 1 aliphatic heterocycles. The molecule has 0 radical (unpaired) electrons. The molecule has 0 bridgehead atoms. The zero-order chi connectivity index (χ0) is 18.4. The Morgan fingerprint density at radius 2 is 1.42 bits per heavy atom. The summed E-state index contributed by atoms with van der Waals surface area (Å²) < 4.78 is 0. The van der Waals surface area contributed by atoms with E-state index in [-0.39, 0.29) is 11.9 Å². The molecule has 26 heavy (non-hydrogen) atoms. The smallest absolute Gasteiger partial charge is 0.317 e. The summed E-state index contributed by atoms with van der Waals surface area (Å²) in [7, 11) is 0. The van der Waals surface area contributed by atoms with Gasteiger partial charge in [0.15, 0.2) is 0 Å². The van der Waals surface area contributed by atoms with Gasteiger partial charge in [0.05, 0.1) is 6.42 Å². The van der Waals surface area contributed by atoms with Crippen LogP contribution in [0.5, 0.6) is 0 Å². The van der Waals surface area contributed by atoms with E-state index in [1.54, 1.807) is 4.90 Å². The first-order valence-electron chi connectivity index (χ1n) is 9.12. The van der Waals surface area contributed by atoms with Crippen LogP contribution in [0, 0.1) is 0 Å². The van der Waals surface area contributed by atoms with Crippen molar-refractivity contribution in [2.75, 3.05) is 32.7 Å². The molecule has 2 aromatic rings. The molecular weight excluding hydrogens is 326 g/mol. The van der Waals surface area contributed by atoms with Crippen LogP contribution >= 0.6 is 0 Å².